The first kappa shape index (κ1) is 38.3. The summed E-state index contributed by atoms with van der Waals surface area (Å²) in [6.45, 7) is 27.4. The molecule has 0 saturated heterocycles. The van der Waals surface area contributed by atoms with E-state index in [-0.39, 0.29) is 27.6 Å². The second-order valence-electron chi connectivity index (χ2n) is 11.1. The van der Waals surface area contributed by atoms with Gasteiger partial charge in [0.05, 0.1) is 25.9 Å². The fraction of sp³-hybridized carbons (Fsp3) is 1.00. The lowest BCUT2D eigenvalue weighted by Crippen LogP contribution is -2.59. The standard InChI is InChI=1S/C19H50O7Si5.2CH4/c1-19(18-20)22-16-15-21-14-13-17-31(12,25-29(8,9)23-27(2,3)4)26-30(10,11)24-28(5,6)7;;/h19-20H,13-18H2,1-12H3;2*1H4. The number of hydrogen-bond acceptors (Lipinski definition) is 7. The van der Waals surface area contributed by atoms with E-state index in [1.807, 2.05) is 6.92 Å². The Balaban J connectivity index is -0.00000450. The third-order valence-electron chi connectivity index (χ3n) is 3.83. The molecule has 0 fully saturated rings. The highest BCUT2D eigenvalue weighted by molar-refractivity contribution is 6.90. The monoisotopic (exact) mass is 562 g/mol. The molecule has 0 heterocycles. The Morgan fingerprint density at radius 1 is 0.636 bits per heavy atom. The van der Waals surface area contributed by atoms with Crippen LogP contribution in [0.1, 0.15) is 28.2 Å². The first-order valence-electron chi connectivity index (χ1n) is 11.4. The Morgan fingerprint density at radius 3 is 1.42 bits per heavy atom. The van der Waals surface area contributed by atoms with Crippen molar-refractivity contribution < 1.29 is 31.0 Å². The molecule has 0 spiro atoms. The van der Waals surface area contributed by atoms with E-state index >= 15 is 0 Å². The third kappa shape index (κ3) is 21.8. The molecule has 1 N–H and O–H groups in total. The predicted molar refractivity (Wildman–Crippen MR) is 154 cm³/mol. The van der Waals surface area contributed by atoms with Crippen LogP contribution in [0.25, 0.3) is 0 Å². The van der Waals surface area contributed by atoms with Crippen LogP contribution in [-0.4, -0.2) is 80.0 Å². The van der Waals surface area contributed by atoms with Gasteiger partial charge in [-0.25, -0.2) is 0 Å². The maximum absolute atomic E-state index is 8.99. The Hall–Kier alpha value is 0.804. The molecule has 0 rings (SSSR count). The van der Waals surface area contributed by atoms with Crippen LogP contribution in [0.15, 0.2) is 0 Å². The van der Waals surface area contributed by atoms with E-state index in [4.69, 9.17) is 31.0 Å². The second kappa shape index (κ2) is 15.8. The van der Waals surface area contributed by atoms with Crippen molar-refractivity contribution in [2.24, 2.45) is 0 Å². The minimum Gasteiger partial charge on any atom is -0.437 e. The quantitative estimate of drug-likeness (QED) is 0.165. The minimum atomic E-state index is -2.54. The van der Waals surface area contributed by atoms with E-state index in [0.29, 0.717) is 19.8 Å². The van der Waals surface area contributed by atoms with Crippen LogP contribution in [0.3, 0.4) is 0 Å². The van der Waals surface area contributed by atoms with Crippen LogP contribution >= 0.6 is 0 Å². The van der Waals surface area contributed by atoms with Gasteiger partial charge < -0.3 is 31.0 Å². The van der Waals surface area contributed by atoms with E-state index in [1.165, 1.54) is 0 Å². The number of aliphatic hydroxyl groups excluding tert-OH is 1. The largest absolute Gasteiger partial charge is 0.437 e. The average molecular weight is 563 g/mol. The summed E-state index contributed by atoms with van der Waals surface area (Å²) in [5.41, 5.74) is 0. The van der Waals surface area contributed by atoms with Gasteiger partial charge in [0.2, 0.25) is 0 Å². The fourth-order valence-corrected chi connectivity index (χ4v) is 27.0. The normalized spacial score (nSPS) is 14.5. The number of aliphatic hydroxyl groups is 1. The summed E-state index contributed by atoms with van der Waals surface area (Å²) >= 11 is 0. The molecular formula is C21H58O7Si5. The minimum absolute atomic E-state index is 0. The summed E-state index contributed by atoms with van der Waals surface area (Å²) in [5.74, 6) is 0. The molecule has 0 aromatic carbocycles. The van der Waals surface area contributed by atoms with Gasteiger partial charge in [0.1, 0.15) is 0 Å². The van der Waals surface area contributed by atoms with Gasteiger partial charge in [-0.2, -0.15) is 0 Å². The van der Waals surface area contributed by atoms with Crippen LogP contribution in [-0.2, 0) is 25.9 Å². The summed E-state index contributed by atoms with van der Waals surface area (Å²) in [5, 5.41) is 8.99. The number of ether oxygens (including phenoxy) is 2. The fourth-order valence-electron chi connectivity index (χ4n) is 3.64. The highest BCUT2D eigenvalue weighted by atomic mass is 28.5. The predicted octanol–water partition coefficient (Wildman–Crippen LogP) is 6.27. The highest BCUT2D eigenvalue weighted by Gasteiger charge is 2.46. The van der Waals surface area contributed by atoms with Crippen LogP contribution in [0.5, 0.6) is 0 Å². The molecule has 0 aliphatic carbocycles. The van der Waals surface area contributed by atoms with Gasteiger partial charge in [-0.05, 0) is 91.4 Å². The van der Waals surface area contributed by atoms with E-state index in [2.05, 4.69) is 72.0 Å². The number of hydrogen-bond donors (Lipinski definition) is 1. The lowest BCUT2D eigenvalue weighted by atomic mass is 10.4. The number of rotatable bonds is 17. The van der Waals surface area contributed by atoms with Gasteiger partial charge in [0, 0.05) is 6.61 Å². The van der Waals surface area contributed by atoms with E-state index < -0.39 is 42.3 Å². The lowest BCUT2D eigenvalue weighted by Gasteiger charge is -2.43. The van der Waals surface area contributed by atoms with Crippen LogP contribution in [0.4, 0.5) is 0 Å². The topological polar surface area (TPSA) is 75.6 Å². The van der Waals surface area contributed by atoms with Gasteiger partial charge in [-0.1, -0.05) is 14.9 Å². The summed E-state index contributed by atoms with van der Waals surface area (Å²) in [4.78, 5) is 0. The maximum atomic E-state index is 8.99. The Kier molecular flexibility index (Phi) is 18.4. The smallest absolute Gasteiger partial charge is 0.317 e. The molecular weight excluding hydrogens is 505 g/mol. The van der Waals surface area contributed by atoms with Gasteiger partial charge >= 0.3 is 25.7 Å². The van der Waals surface area contributed by atoms with Gasteiger partial charge in [-0.3, -0.25) is 0 Å². The lowest BCUT2D eigenvalue weighted by molar-refractivity contribution is -0.0103. The highest BCUT2D eigenvalue weighted by Crippen LogP contribution is 2.29. The molecule has 0 aliphatic rings. The molecule has 0 aliphatic heterocycles. The molecule has 12 heteroatoms. The molecule has 0 radical (unpaired) electrons. The van der Waals surface area contributed by atoms with Gasteiger partial charge in [-0.15, -0.1) is 0 Å². The Labute approximate surface area is 211 Å². The summed E-state index contributed by atoms with van der Waals surface area (Å²) in [6.07, 6.45) is 0.700. The molecule has 0 saturated carbocycles. The van der Waals surface area contributed by atoms with Crippen LogP contribution < -0.4 is 0 Å². The molecule has 0 amide bonds. The van der Waals surface area contributed by atoms with Crippen LogP contribution in [0, 0.1) is 0 Å². The molecule has 0 aromatic rings. The van der Waals surface area contributed by atoms with Crippen molar-refractivity contribution >= 4 is 42.3 Å². The molecule has 7 nitrogen and oxygen atoms in total. The van der Waals surface area contributed by atoms with Crippen molar-refractivity contribution in [3.63, 3.8) is 0 Å². The zero-order valence-electron chi connectivity index (χ0n) is 22.2. The molecule has 33 heavy (non-hydrogen) atoms. The summed E-state index contributed by atoms with van der Waals surface area (Å²) in [6, 6.07) is 0.831. The van der Waals surface area contributed by atoms with E-state index in [1.54, 1.807) is 0 Å². The first-order valence-corrected chi connectivity index (χ1v) is 26.4. The van der Waals surface area contributed by atoms with Crippen molar-refractivity contribution in [2.75, 3.05) is 26.4 Å². The van der Waals surface area contributed by atoms with E-state index in [9.17, 15) is 0 Å². The van der Waals surface area contributed by atoms with E-state index in [0.717, 1.165) is 12.5 Å². The molecule has 204 valence electrons. The Bertz CT molecular complexity index is 478. The SMILES string of the molecule is C.C.CC(CO)OCCOCCC[Si](C)(O[Si](C)(C)O[Si](C)(C)C)O[Si](C)(C)O[Si](C)(C)C. The molecule has 0 bridgehead atoms. The third-order valence-corrected chi connectivity index (χ3v) is 21.3. The summed E-state index contributed by atoms with van der Waals surface area (Å²) < 4.78 is 37.6. The molecule has 1 atom stereocenters. The Morgan fingerprint density at radius 2 is 1.06 bits per heavy atom. The maximum Gasteiger partial charge on any atom is 0.317 e. The van der Waals surface area contributed by atoms with Gasteiger partial charge in [0.25, 0.3) is 0 Å². The molecule has 0 aromatic heterocycles. The zero-order chi connectivity index (χ0) is 24.6. The molecule has 1 unspecified atom stereocenters. The van der Waals surface area contributed by atoms with Crippen molar-refractivity contribution in [3.8, 4) is 0 Å². The van der Waals surface area contributed by atoms with Crippen LogP contribution in [0.2, 0.25) is 78.1 Å². The average Bonchev–Trinajstić information content (AvgIpc) is 2.47. The first-order chi connectivity index (χ1) is 13.8. The van der Waals surface area contributed by atoms with Crippen molar-refractivity contribution in [1.82, 2.24) is 0 Å². The second-order valence-corrected chi connectivity index (χ2v) is 31.2. The summed E-state index contributed by atoms with van der Waals surface area (Å²) in [7, 11) is -10.7. The zero-order valence-corrected chi connectivity index (χ0v) is 27.2. The van der Waals surface area contributed by atoms with Gasteiger partial charge in [0.15, 0.2) is 16.6 Å². The van der Waals surface area contributed by atoms with Crippen molar-refractivity contribution in [1.29, 1.82) is 0 Å². The van der Waals surface area contributed by atoms with Crippen molar-refractivity contribution in [2.45, 2.75) is 112 Å². The van der Waals surface area contributed by atoms with Crippen molar-refractivity contribution in [3.05, 3.63) is 0 Å².